The fourth-order valence-electron chi connectivity index (χ4n) is 1.90. The van der Waals surface area contributed by atoms with Crippen LogP contribution < -0.4 is 0 Å². The van der Waals surface area contributed by atoms with Crippen LogP contribution in [0, 0.1) is 0 Å². The molecule has 0 saturated heterocycles. The van der Waals surface area contributed by atoms with E-state index in [0.29, 0.717) is 24.3 Å². The van der Waals surface area contributed by atoms with Crippen molar-refractivity contribution in [3.63, 3.8) is 0 Å². The largest absolute Gasteiger partial charge is 0.394 e. The first-order valence-corrected chi connectivity index (χ1v) is 5.52. The lowest BCUT2D eigenvalue weighted by molar-refractivity contribution is -0.000463. The summed E-state index contributed by atoms with van der Waals surface area (Å²) in [4.78, 5) is 13.3. The zero-order valence-corrected chi connectivity index (χ0v) is 9.37. The van der Waals surface area contributed by atoms with Crippen molar-refractivity contribution in [3.8, 4) is 0 Å². The second-order valence-corrected chi connectivity index (χ2v) is 3.80. The number of aliphatic hydroxyl groups excluding tert-OH is 2. The summed E-state index contributed by atoms with van der Waals surface area (Å²) >= 11 is 0. The third-order valence-corrected chi connectivity index (χ3v) is 2.74. The van der Waals surface area contributed by atoms with Crippen LogP contribution in [0.4, 0.5) is 0 Å². The van der Waals surface area contributed by atoms with Crippen LogP contribution in [0.3, 0.4) is 0 Å². The lowest BCUT2D eigenvalue weighted by atomic mass is 10.1. The standard InChI is InChI=1S/C12H15NO4/c14-6-8-17-7-5-13-11(15)9-3-1-2-4-10(9)12(13)16/h1-4,11,14-15H,5-8H2. The Kier molecular flexibility index (Phi) is 3.73. The van der Waals surface area contributed by atoms with Crippen LogP contribution in [-0.4, -0.2) is 47.4 Å². The number of nitrogens with zero attached hydrogens (tertiary/aromatic N) is 1. The molecule has 1 amide bonds. The van der Waals surface area contributed by atoms with Gasteiger partial charge in [-0.3, -0.25) is 4.79 Å². The molecule has 5 nitrogen and oxygen atoms in total. The summed E-state index contributed by atoms with van der Waals surface area (Å²) < 4.78 is 5.09. The summed E-state index contributed by atoms with van der Waals surface area (Å²) in [5, 5.41) is 18.5. The van der Waals surface area contributed by atoms with Crippen LogP contribution >= 0.6 is 0 Å². The Balaban J connectivity index is 2.00. The quantitative estimate of drug-likeness (QED) is 0.715. The molecule has 1 aliphatic rings. The number of hydrogen-bond acceptors (Lipinski definition) is 4. The van der Waals surface area contributed by atoms with Gasteiger partial charge in [0.15, 0.2) is 6.23 Å². The fraction of sp³-hybridized carbons (Fsp3) is 0.417. The van der Waals surface area contributed by atoms with Crippen molar-refractivity contribution in [1.29, 1.82) is 0 Å². The van der Waals surface area contributed by atoms with Crippen LogP contribution in [0.15, 0.2) is 24.3 Å². The molecule has 0 bridgehead atoms. The number of aliphatic hydroxyl groups is 2. The maximum atomic E-state index is 11.9. The molecule has 0 saturated carbocycles. The number of ether oxygens (including phenoxy) is 1. The summed E-state index contributed by atoms with van der Waals surface area (Å²) in [5.74, 6) is -0.180. The highest BCUT2D eigenvalue weighted by molar-refractivity contribution is 5.98. The van der Waals surface area contributed by atoms with Gasteiger partial charge in [0.05, 0.1) is 19.8 Å². The molecule has 17 heavy (non-hydrogen) atoms. The first-order valence-electron chi connectivity index (χ1n) is 5.52. The van der Waals surface area contributed by atoms with Crippen molar-refractivity contribution in [2.45, 2.75) is 6.23 Å². The van der Waals surface area contributed by atoms with Gasteiger partial charge in [-0.15, -0.1) is 0 Å². The minimum atomic E-state index is -0.892. The van der Waals surface area contributed by atoms with Crippen molar-refractivity contribution >= 4 is 5.91 Å². The number of carbonyl (C=O) groups excluding carboxylic acids is 1. The monoisotopic (exact) mass is 237 g/mol. The SMILES string of the molecule is O=C1c2ccccc2C(O)N1CCOCCO. The van der Waals surface area contributed by atoms with E-state index in [2.05, 4.69) is 0 Å². The number of fused-ring (bicyclic) bond motifs is 1. The molecular formula is C12H15NO4. The second kappa shape index (κ2) is 5.27. The molecule has 1 aromatic rings. The molecule has 0 aromatic heterocycles. The van der Waals surface area contributed by atoms with Crippen LogP contribution in [-0.2, 0) is 4.74 Å². The van der Waals surface area contributed by atoms with E-state index in [-0.39, 0.29) is 19.1 Å². The highest BCUT2D eigenvalue weighted by atomic mass is 16.5. The van der Waals surface area contributed by atoms with E-state index in [4.69, 9.17) is 9.84 Å². The minimum absolute atomic E-state index is 0.0449. The van der Waals surface area contributed by atoms with Gasteiger partial charge in [0.2, 0.25) is 0 Å². The predicted octanol–water partition coefficient (Wildman–Crippen LogP) is 0.142. The average Bonchev–Trinajstić information content (AvgIpc) is 2.60. The molecule has 1 heterocycles. The summed E-state index contributed by atoms with van der Waals surface area (Å²) in [5.41, 5.74) is 1.18. The van der Waals surface area contributed by atoms with Gasteiger partial charge in [-0.05, 0) is 6.07 Å². The fourth-order valence-corrected chi connectivity index (χ4v) is 1.90. The molecule has 0 fully saturated rings. The molecule has 0 radical (unpaired) electrons. The number of hydrogen-bond donors (Lipinski definition) is 2. The van der Waals surface area contributed by atoms with E-state index in [1.807, 2.05) is 0 Å². The molecule has 1 atom stereocenters. The molecule has 2 N–H and O–H groups in total. The van der Waals surface area contributed by atoms with Crippen molar-refractivity contribution in [3.05, 3.63) is 35.4 Å². The Labute approximate surface area is 99.2 Å². The summed E-state index contributed by atoms with van der Waals surface area (Å²) in [6, 6.07) is 7.01. The van der Waals surface area contributed by atoms with Gasteiger partial charge in [0.25, 0.3) is 5.91 Å². The first-order chi connectivity index (χ1) is 8.25. The summed E-state index contributed by atoms with van der Waals surface area (Å²) in [7, 11) is 0. The van der Waals surface area contributed by atoms with Crippen molar-refractivity contribution in [1.82, 2.24) is 4.90 Å². The van der Waals surface area contributed by atoms with Crippen LogP contribution in [0.2, 0.25) is 0 Å². The molecule has 2 rings (SSSR count). The normalized spacial score (nSPS) is 18.6. The lowest BCUT2D eigenvalue weighted by Crippen LogP contribution is -2.31. The van der Waals surface area contributed by atoms with Gasteiger partial charge in [0.1, 0.15) is 0 Å². The van der Waals surface area contributed by atoms with E-state index in [1.54, 1.807) is 24.3 Å². The number of benzene rings is 1. The minimum Gasteiger partial charge on any atom is -0.394 e. The van der Waals surface area contributed by atoms with E-state index in [9.17, 15) is 9.90 Å². The molecule has 5 heteroatoms. The van der Waals surface area contributed by atoms with Gasteiger partial charge < -0.3 is 19.8 Å². The Morgan fingerprint density at radius 1 is 1.29 bits per heavy atom. The first kappa shape index (κ1) is 12.0. The van der Waals surface area contributed by atoms with Crippen molar-refractivity contribution < 1.29 is 19.7 Å². The maximum Gasteiger partial charge on any atom is 0.256 e. The number of carbonyl (C=O) groups is 1. The molecule has 1 aliphatic heterocycles. The third-order valence-electron chi connectivity index (χ3n) is 2.74. The van der Waals surface area contributed by atoms with Gasteiger partial charge in [-0.2, -0.15) is 0 Å². The number of rotatable bonds is 5. The van der Waals surface area contributed by atoms with E-state index in [0.717, 1.165) is 0 Å². The van der Waals surface area contributed by atoms with Gasteiger partial charge in [-0.1, -0.05) is 18.2 Å². The second-order valence-electron chi connectivity index (χ2n) is 3.80. The molecule has 1 unspecified atom stereocenters. The maximum absolute atomic E-state index is 11.9. The molecular weight excluding hydrogens is 222 g/mol. The van der Waals surface area contributed by atoms with Gasteiger partial charge in [-0.25, -0.2) is 0 Å². The third kappa shape index (κ3) is 2.31. The Bertz CT molecular complexity index is 407. The van der Waals surface area contributed by atoms with E-state index in [1.165, 1.54) is 4.90 Å². The molecule has 0 spiro atoms. The summed E-state index contributed by atoms with van der Waals surface area (Å²) in [6.45, 7) is 0.813. The topological polar surface area (TPSA) is 70.0 Å². The van der Waals surface area contributed by atoms with Crippen LogP contribution in [0.25, 0.3) is 0 Å². The highest BCUT2D eigenvalue weighted by Crippen LogP contribution is 2.30. The highest BCUT2D eigenvalue weighted by Gasteiger charge is 2.34. The Morgan fingerprint density at radius 3 is 2.76 bits per heavy atom. The van der Waals surface area contributed by atoms with E-state index >= 15 is 0 Å². The smallest absolute Gasteiger partial charge is 0.256 e. The average molecular weight is 237 g/mol. The molecule has 1 aromatic carbocycles. The van der Waals surface area contributed by atoms with Crippen molar-refractivity contribution in [2.75, 3.05) is 26.4 Å². The van der Waals surface area contributed by atoms with Gasteiger partial charge >= 0.3 is 0 Å². The van der Waals surface area contributed by atoms with Crippen LogP contribution in [0.5, 0.6) is 0 Å². The van der Waals surface area contributed by atoms with Crippen molar-refractivity contribution in [2.24, 2.45) is 0 Å². The molecule has 92 valence electrons. The zero-order chi connectivity index (χ0) is 12.3. The Morgan fingerprint density at radius 2 is 2.06 bits per heavy atom. The molecule has 0 aliphatic carbocycles. The van der Waals surface area contributed by atoms with Crippen LogP contribution in [0.1, 0.15) is 22.1 Å². The van der Waals surface area contributed by atoms with E-state index < -0.39 is 6.23 Å². The zero-order valence-electron chi connectivity index (χ0n) is 9.37. The lowest BCUT2D eigenvalue weighted by Gasteiger charge is -2.20. The Hall–Kier alpha value is -1.43. The number of amides is 1. The summed E-state index contributed by atoms with van der Waals surface area (Å²) in [6.07, 6.45) is -0.892. The predicted molar refractivity (Wildman–Crippen MR) is 60.3 cm³/mol. The van der Waals surface area contributed by atoms with Gasteiger partial charge in [0, 0.05) is 17.7 Å².